The van der Waals surface area contributed by atoms with Crippen molar-refractivity contribution in [2.24, 2.45) is 0 Å². The monoisotopic (exact) mass is 222 g/mol. The molecule has 0 aromatic heterocycles. The van der Waals surface area contributed by atoms with Gasteiger partial charge in [-0.25, -0.2) is 5.01 Å². The van der Waals surface area contributed by atoms with E-state index in [0.29, 0.717) is 5.75 Å². The highest BCUT2D eigenvalue weighted by atomic mass is 16.5. The van der Waals surface area contributed by atoms with Crippen LogP contribution in [-0.4, -0.2) is 31.6 Å². The van der Waals surface area contributed by atoms with E-state index in [9.17, 15) is 4.79 Å². The zero-order valence-corrected chi connectivity index (χ0v) is 9.99. The predicted octanol–water partition coefficient (Wildman–Crippen LogP) is 1.22. The first kappa shape index (κ1) is 12.5. The summed E-state index contributed by atoms with van der Waals surface area (Å²) in [5.41, 5.74) is 3.86. The Morgan fingerprint density at radius 1 is 1.31 bits per heavy atom. The quantitative estimate of drug-likeness (QED) is 0.762. The molecule has 4 nitrogen and oxygen atoms in total. The van der Waals surface area contributed by atoms with Crippen LogP contribution >= 0.6 is 0 Å². The van der Waals surface area contributed by atoms with Gasteiger partial charge in [-0.2, -0.15) is 0 Å². The Kier molecular flexibility index (Phi) is 4.79. The second kappa shape index (κ2) is 6.12. The number of benzene rings is 1. The van der Waals surface area contributed by atoms with Crippen molar-refractivity contribution in [3.8, 4) is 5.75 Å². The Bertz CT molecular complexity index is 333. The van der Waals surface area contributed by atoms with E-state index in [2.05, 4.69) is 12.3 Å². The van der Waals surface area contributed by atoms with Crippen molar-refractivity contribution in [3.63, 3.8) is 0 Å². The Morgan fingerprint density at radius 2 is 1.94 bits per heavy atom. The molecule has 1 aromatic rings. The van der Waals surface area contributed by atoms with Gasteiger partial charge in [0.15, 0.2) is 6.61 Å². The first-order chi connectivity index (χ1) is 7.61. The lowest BCUT2D eigenvalue weighted by Gasteiger charge is -2.12. The second-order valence-corrected chi connectivity index (χ2v) is 3.72. The van der Waals surface area contributed by atoms with Gasteiger partial charge in [-0.15, -0.1) is 0 Å². The minimum Gasteiger partial charge on any atom is -0.484 e. The molecule has 0 bridgehead atoms. The number of amides is 1. The molecule has 1 rings (SSSR count). The van der Waals surface area contributed by atoms with E-state index in [-0.39, 0.29) is 12.5 Å². The number of carbonyl (C=O) groups is 1. The third-order valence-corrected chi connectivity index (χ3v) is 2.05. The average molecular weight is 222 g/mol. The normalized spacial score (nSPS) is 10.2. The topological polar surface area (TPSA) is 41.6 Å². The summed E-state index contributed by atoms with van der Waals surface area (Å²) in [6.07, 6.45) is 1.00. The Morgan fingerprint density at radius 3 is 2.44 bits per heavy atom. The Hall–Kier alpha value is -1.55. The molecule has 0 aliphatic carbocycles. The van der Waals surface area contributed by atoms with Crippen LogP contribution in [0.5, 0.6) is 5.75 Å². The van der Waals surface area contributed by atoms with Gasteiger partial charge in [0.2, 0.25) is 0 Å². The summed E-state index contributed by atoms with van der Waals surface area (Å²) in [6.45, 7) is 2.13. The molecule has 0 aliphatic heterocycles. The smallest absolute Gasteiger partial charge is 0.272 e. The summed E-state index contributed by atoms with van der Waals surface area (Å²) in [4.78, 5) is 11.3. The summed E-state index contributed by atoms with van der Waals surface area (Å²) in [7, 11) is 3.52. The molecule has 4 heteroatoms. The van der Waals surface area contributed by atoms with E-state index in [4.69, 9.17) is 4.74 Å². The van der Waals surface area contributed by atoms with Crippen molar-refractivity contribution in [1.82, 2.24) is 10.4 Å². The number of aryl methyl sites for hydroxylation is 1. The maximum absolute atomic E-state index is 11.3. The summed E-state index contributed by atoms with van der Waals surface area (Å²) < 4.78 is 5.33. The number of hydrazine groups is 1. The number of nitrogens with one attached hydrogen (secondary N) is 1. The molecule has 0 atom stereocenters. The second-order valence-electron chi connectivity index (χ2n) is 3.72. The van der Waals surface area contributed by atoms with Crippen LogP contribution in [0.2, 0.25) is 0 Å². The van der Waals surface area contributed by atoms with Gasteiger partial charge in [-0.3, -0.25) is 10.2 Å². The maximum atomic E-state index is 11.3. The number of hydrogen-bond acceptors (Lipinski definition) is 3. The van der Waals surface area contributed by atoms with Gasteiger partial charge in [-0.1, -0.05) is 19.1 Å². The first-order valence-electron chi connectivity index (χ1n) is 5.30. The summed E-state index contributed by atoms with van der Waals surface area (Å²) >= 11 is 0. The minimum absolute atomic E-state index is 0.0314. The van der Waals surface area contributed by atoms with Crippen LogP contribution in [-0.2, 0) is 11.2 Å². The molecule has 0 saturated carbocycles. The molecule has 0 spiro atoms. The molecular formula is C12H18N2O2. The third-order valence-electron chi connectivity index (χ3n) is 2.05. The summed E-state index contributed by atoms with van der Waals surface area (Å²) in [5.74, 6) is 0.552. The third kappa shape index (κ3) is 4.31. The highest BCUT2D eigenvalue weighted by Gasteiger charge is 2.02. The number of rotatable bonds is 5. The Balaban J connectivity index is 2.39. The standard InChI is InChI=1S/C12H18N2O2/c1-4-10-5-7-11(8-6-10)16-9-12(15)13-14(2)3/h5-8H,4,9H2,1-3H3,(H,13,15). The van der Waals surface area contributed by atoms with E-state index < -0.39 is 0 Å². The minimum atomic E-state index is -0.162. The van der Waals surface area contributed by atoms with Crippen LogP contribution in [0.15, 0.2) is 24.3 Å². The van der Waals surface area contributed by atoms with Crippen LogP contribution in [0.4, 0.5) is 0 Å². The molecule has 88 valence electrons. The highest BCUT2D eigenvalue weighted by molar-refractivity contribution is 5.76. The van der Waals surface area contributed by atoms with Crippen molar-refractivity contribution in [1.29, 1.82) is 0 Å². The molecule has 0 radical (unpaired) electrons. The molecule has 0 saturated heterocycles. The number of hydrogen-bond donors (Lipinski definition) is 1. The molecule has 16 heavy (non-hydrogen) atoms. The van der Waals surface area contributed by atoms with Crippen LogP contribution in [0.1, 0.15) is 12.5 Å². The SMILES string of the molecule is CCc1ccc(OCC(=O)NN(C)C)cc1. The van der Waals surface area contributed by atoms with E-state index >= 15 is 0 Å². The maximum Gasteiger partial charge on any atom is 0.272 e. The fourth-order valence-corrected chi connectivity index (χ4v) is 1.25. The van der Waals surface area contributed by atoms with Crippen molar-refractivity contribution >= 4 is 5.91 Å². The fourth-order valence-electron chi connectivity index (χ4n) is 1.25. The number of ether oxygens (including phenoxy) is 1. The molecular weight excluding hydrogens is 204 g/mol. The average Bonchev–Trinajstić information content (AvgIpc) is 2.26. The molecule has 0 unspecified atom stereocenters. The van der Waals surface area contributed by atoms with Crippen molar-refractivity contribution < 1.29 is 9.53 Å². The first-order valence-corrected chi connectivity index (χ1v) is 5.30. The predicted molar refractivity (Wildman–Crippen MR) is 63.1 cm³/mol. The lowest BCUT2D eigenvalue weighted by molar-refractivity contribution is -0.126. The highest BCUT2D eigenvalue weighted by Crippen LogP contribution is 2.12. The van der Waals surface area contributed by atoms with Crippen LogP contribution in [0.25, 0.3) is 0 Å². The summed E-state index contributed by atoms with van der Waals surface area (Å²) in [6, 6.07) is 7.75. The molecule has 1 aromatic carbocycles. The molecule has 1 N–H and O–H groups in total. The Labute approximate surface area is 96.2 Å². The van der Waals surface area contributed by atoms with Crippen LogP contribution < -0.4 is 10.2 Å². The zero-order valence-electron chi connectivity index (χ0n) is 9.99. The molecule has 1 amide bonds. The fraction of sp³-hybridized carbons (Fsp3) is 0.417. The van der Waals surface area contributed by atoms with Gasteiger partial charge in [0.1, 0.15) is 5.75 Å². The van der Waals surface area contributed by atoms with Gasteiger partial charge in [0.05, 0.1) is 0 Å². The molecule has 0 fully saturated rings. The van der Waals surface area contributed by atoms with Gasteiger partial charge < -0.3 is 4.74 Å². The van der Waals surface area contributed by atoms with Crippen LogP contribution in [0.3, 0.4) is 0 Å². The van der Waals surface area contributed by atoms with E-state index in [1.807, 2.05) is 24.3 Å². The number of nitrogens with zero attached hydrogens (tertiary/aromatic N) is 1. The van der Waals surface area contributed by atoms with Crippen LogP contribution in [0, 0.1) is 0 Å². The van der Waals surface area contributed by atoms with Crippen molar-refractivity contribution in [2.45, 2.75) is 13.3 Å². The van der Waals surface area contributed by atoms with Gasteiger partial charge in [0.25, 0.3) is 5.91 Å². The number of carbonyl (C=O) groups excluding carboxylic acids is 1. The lowest BCUT2D eigenvalue weighted by Crippen LogP contribution is -2.39. The van der Waals surface area contributed by atoms with Gasteiger partial charge >= 0.3 is 0 Å². The largest absolute Gasteiger partial charge is 0.484 e. The summed E-state index contributed by atoms with van der Waals surface area (Å²) in [5, 5.41) is 1.59. The molecule has 0 heterocycles. The van der Waals surface area contributed by atoms with Gasteiger partial charge in [0, 0.05) is 14.1 Å². The van der Waals surface area contributed by atoms with Crippen molar-refractivity contribution in [2.75, 3.05) is 20.7 Å². The zero-order chi connectivity index (χ0) is 12.0. The molecule has 0 aliphatic rings. The van der Waals surface area contributed by atoms with E-state index in [0.717, 1.165) is 6.42 Å². The van der Waals surface area contributed by atoms with E-state index in [1.54, 1.807) is 19.1 Å². The lowest BCUT2D eigenvalue weighted by atomic mass is 10.2. The van der Waals surface area contributed by atoms with Crippen molar-refractivity contribution in [3.05, 3.63) is 29.8 Å². The van der Waals surface area contributed by atoms with E-state index in [1.165, 1.54) is 5.56 Å². The van der Waals surface area contributed by atoms with Gasteiger partial charge in [-0.05, 0) is 24.1 Å².